The molecule has 1 unspecified atom stereocenters. The summed E-state index contributed by atoms with van der Waals surface area (Å²) in [4.78, 5) is 2.61. The molecule has 0 amide bonds. The number of nitrogens with two attached hydrogens (primary N) is 1. The summed E-state index contributed by atoms with van der Waals surface area (Å²) in [5.41, 5.74) is 6.66. The molecule has 0 aromatic carbocycles. The Balaban J connectivity index is 2.54. The summed E-state index contributed by atoms with van der Waals surface area (Å²) < 4.78 is 0. The van der Waals surface area contributed by atoms with Crippen LogP contribution in [-0.2, 0) is 0 Å². The fourth-order valence-electron chi connectivity index (χ4n) is 2.97. The van der Waals surface area contributed by atoms with E-state index >= 15 is 0 Å². The molecule has 102 valence electrons. The minimum atomic E-state index is 0.170. The Hall–Kier alpha value is -0.0800. The van der Waals surface area contributed by atoms with E-state index in [2.05, 4.69) is 32.6 Å². The predicted molar refractivity (Wildman–Crippen MR) is 76.2 cm³/mol. The summed E-state index contributed by atoms with van der Waals surface area (Å²) in [6.07, 6.45) is 7.80. The van der Waals surface area contributed by atoms with Crippen molar-refractivity contribution >= 4 is 0 Å². The van der Waals surface area contributed by atoms with Crippen molar-refractivity contribution < 1.29 is 0 Å². The van der Waals surface area contributed by atoms with Gasteiger partial charge in [-0.3, -0.25) is 4.90 Å². The van der Waals surface area contributed by atoms with Gasteiger partial charge in [-0.05, 0) is 52.1 Å². The third-order valence-corrected chi connectivity index (χ3v) is 4.82. The van der Waals surface area contributed by atoms with Crippen LogP contribution >= 0.6 is 0 Å². The fraction of sp³-hybridized carbons (Fsp3) is 1.00. The standard InChI is InChI=1S/C15H32N2/c1-5-13(6-2)12-14(16)15(3,4)17-10-8-7-9-11-17/h13-14H,5-12,16H2,1-4H3. The summed E-state index contributed by atoms with van der Waals surface area (Å²) >= 11 is 0. The number of hydrogen-bond donors (Lipinski definition) is 1. The Morgan fingerprint density at radius 2 is 1.59 bits per heavy atom. The van der Waals surface area contributed by atoms with Crippen molar-refractivity contribution in [1.82, 2.24) is 4.90 Å². The second-order valence-electron chi connectivity index (χ2n) is 6.23. The molecular formula is C15H32N2. The third-order valence-electron chi connectivity index (χ3n) is 4.82. The number of piperidine rings is 1. The third kappa shape index (κ3) is 3.96. The molecule has 2 nitrogen and oxygen atoms in total. The van der Waals surface area contributed by atoms with Crippen LogP contribution in [0.4, 0.5) is 0 Å². The van der Waals surface area contributed by atoms with Gasteiger partial charge in [-0.2, -0.15) is 0 Å². The first kappa shape index (κ1) is 15.0. The minimum absolute atomic E-state index is 0.170. The average Bonchev–Trinajstić information content (AvgIpc) is 2.36. The lowest BCUT2D eigenvalue weighted by molar-refractivity contribution is 0.0649. The first-order valence-electron chi connectivity index (χ1n) is 7.53. The lowest BCUT2D eigenvalue weighted by atomic mass is 9.83. The second kappa shape index (κ2) is 6.75. The van der Waals surface area contributed by atoms with Gasteiger partial charge in [0.25, 0.3) is 0 Å². The molecule has 2 N–H and O–H groups in total. The van der Waals surface area contributed by atoms with Crippen molar-refractivity contribution in [2.45, 2.75) is 77.8 Å². The van der Waals surface area contributed by atoms with Crippen molar-refractivity contribution in [3.05, 3.63) is 0 Å². The smallest absolute Gasteiger partial charge is 0.0304 e. The maximum Gasteiger partial charge on any atom is 0.0304 e. The Morgan fingerprint density at radius 3 is 2.06 bits per heavy atom. The number of rotatable bonds is 6. The molecule has 0 radical (unpaired) electrons. The number of nitrogens with zero attached hydrogens (tertiary/aromatic N) is 1. The summed E-state index contributed by atoms with van der Waals surface area (Å²) in [7, 11) is 0. The zero-order valence-electron chi connectivity index (χ0n) is 12.3. The molecule has 1 aliphatic heterocycles. The van der Waals surface area contributed by atoms with Crippen molar-refractivity contribution in [2.24, 2.45) is 11.7 Å². The SMILES string of the molecule is CCC(CC)CC(N)C(C)(C)N1CCCCC1. The quantitative estimate of drug-likeness (QED) is 0.771. The van der Waals surface area contributed by atoms with Crippen molar-refractivity contribution in [3.63, 3.8) is 0 Å². The van der Waals surface area contributed by atoms with Crippen LogP contribution in [0.15, 0.2) is 0 Å². The van der Waals surface area contributed by atoms with Gasteiger partial charge in [-0.15, -0.1) is 0 Å². The highest BCUT2D eigenvalue weighted by Gasteiger charge is 2.34. The monoisotopic (exact) mass is 240 g/mol. The molecule has 0 aromatic rings. The lowest BCUT2D eigenvalue weighted by Crippen LogP contribution is -2.57. The van der Waals surface area contributed by atoms with Gasteiger partial charge in [0.1, 0.15) is 0 Å². The fourth-order valence-corrected chi connectivity index (χ4v) is 2.97. The van der Waals surface area contributed by atoms with E-state index in [9.17, 15) is 0 Å². The van der Waals surface area contributed by atoms with Crippen LogP contribution in [0.25, 0.3) is 0 Å². The van der Waals surface area contributed by atoms with Crippen molar-refractivity contribution in [3.8, 4) is 0 Å². The molecular weight excluding hydrogens is 208 g/mol. The van der Waals surface area contributed by atoms with E-state index in [1.807, 2.05) is 0 Å². The number of hydrogen-bond acceptors (Lipinski definition) is 2. The molecule has 0 spiro atoms. The highest BCUT2D eigenvalue weighted by atomic mass is 15.2. The maximum absolute atomic E-state index is 6.49. The van der Waals surface area contributed by atoms with E-state index in [0.717, 1.165) is 5.92 Å². The van der Waals surface area contributed by atoms with Crippen LogP contribution in [0.1, 0.15) is 66.2 Å². The van der Waals surface area contributed by atoms with Crippen LogP contribution in [0.5, 0.6) is 0 Å². The molecule has 17 heavy (non-hydrogen) atoms. The molecule has 0 bridgehead atoms. The molecule has 1 saturated heterocycles. The van der Waals surface area contributed by atoms with E-state index in [0.29, 0.717) is 6.04 Å². The van der Waals surface area contributed by atoms with E-state index in [-0.39, 0.29) is 5.54 Å². The van der Waals surface area contributed by atoms with Crippen molar-refractivity contribution in [2.75, 3.05) is 13.1 Å². The first-order chi connectivity index (χ1) is 8.02. The minimum Gasteiger partial charge on any atom is -0.326 e. The molecule has 0 aromatic heterocycles. The molecule has 1 atom stereocenters. The summed E-state index contributed by atoms with van der Waals surface area (Å²) in [5, 5.41) is 0. The average molecular weight is 240 g/mol. The van der Waals surface area contributed by atoms with E-state index in [1.54, 1.807) is 0 Å². The first-order valence-corrected chi connectivity index (χ1v) is 7.53. The summed E-state index contributed by atoms with van der Waals surface area (Å²) in [6, 6.07) is 0.311. The van der Waals surface area contributed by atoms with Crippen molar-refractivity contribution in [1.29, 1.82) is 0 Å². The Bertz CT molecular complexity index is 203. The predicted octanol–water partition coefficient (Wildman–Crippen LogP) is 3.40. The highest BCUT2D eigenvalue weighted by Crippen LogP contribution is 2.27. The van der Waals surface area contributed by atoms with Crippen LogP contribution in [0.3, 0.4) is 0 Å². The topological polar surface area (TPSA) is 29.3 Å². The Kier molecular flexibility index (Phi) is 5.94. The Labute approximate surface area is 108 Å². The highest BCUT2D eigenvalue weighted by molar-refractivity contribution is 4.93. The Morgan fingerprint density at radius 1 is 1.06 bits per heavy atom. The zero-order chi connectivity index (χ0) is 12.9. The molecule has 1 fully saturated rings. The summed E-state index contributed by atoms with van der Waals surface area (Å²) in [5.74, 6) is 0.800. The number of likely N-dealkylation sites (tertiary alicyclic amines) is 1. The normalized spacial score (nSPS) is 20.8. The largest absolute Gasteiger partial charge is 0.326 e. The van der Waals surface area contributed by atoms with Gasteiger partial charge in [0.2, 0.25) is 0 Å². The van der Waals surface area contributed by atoms with E-state index in [1.165, 1.54) is 51.6 Å². The summed E-state index contributed by atoms with van der Waals surface area (Å²) in [6.45, 7) is 11.7. The van der Waals surface area contributed by atoms with Crippen LogP contribution < -0.4 is 5.73 Å². The van der Waals surface area contributed by atoms with Gasteiger partial charge in [-0.1, -0.05) is 33.1 Å². The van der Waals surface area contributed by atoms with Crippen LogP contribution in [0, 0.1) is 5.92 Å². The van der Waals surface area contributed by atoms with Gasteiger partial charge in [-0.25, -0.2) is 0 Å². The van der Waals surface area contributed by atoms with Gasteiger partial charge in [0.15, 0.2) is 0 Å². The zero-order valence-corrected chi connectivity index (χ0v) is 12.3. The lowest BCUT2D eigenvalue weighted by Gasteiger charge is -2.45. The van der Waals surface area contributed by atoms with Gasteiger partial charge in [0.05, 0.1) is 0 Å². The van der Waals surface area contributed by atoms with E-state index in [4.69, 9.17) is 5.73 Å². The van der Waals surface area contributed by atoms with Gasteiger partial charge in [0, 0.05) is 11.6 Å². The molecule has 0 saturated carbocycles. The molecule has 2 heteroatoms. The molecule has 1 heterocycles. The van der Waals surface area contributed by atoms with Crippen LogP contribution in [0.2, 0.25) is 0 Å². The van der Waals surface area contributed by atoms with Crippen LogP contribution in [-0.4, -0.2) is 29.6 Å². The van der Waals surface area contributed by atoms with E-state index < -0.39 is 0 Å². The van der Waals surface area contributed by atoms with Gasteiger partial charge >= 0.3 is 0 Å². The second-order valence-corrected chi connectivity index (χ2v) is 6.23. The molecule has 1 aliphatic rings. The molecule has 0 aliphatic carbocycles. The van der Waals surface area contributed by atoms with Gasteiger partial charge < -0.3 is 5.73 Å². The maximum atomic E-state index is 6.49. The molecule has 1 rings (SSSR count).